The Morgan fingerprint density at radius 3 is 0.865 bits per heavy atom. The molecule has 2 unspecified atom stereocenters. The van der Waals surface area contributed by atoms with E-state index in [1.165, 1.54) is 283 Å². The van der Waals surface area contributed by atoms with Gasteiger partial charge in [0.15, 0.2) is 6.10 Å². The molecule has 0 aliphatic rings. The number of hydrogen-bond acceptors (Lipinski definition) is 8. The average molecular weight is 1070 g/mol. The molecule has 0 aromatic rings. The first-order valence-electron chi connectivity index (χ1n) is 32.7. The highest BCUT2D eigenvalue weighted by Gasteiger charge is 2.22. The third-order valence-corrected chi connectivity index (χ3v) is 16.1. The van der Waals surface area contributed by atoms with Gasteiger partial charge in [-0.15, -0.1) is 0 Å². The summed E-state index contributed by atoms with van der Waals surface area (Å²) in [6.45, 7) is 4.33. The number of phosphoric ester groups is 1. The summed E-state index contributed by atoms with van der Waals surface area (Å²) in [5.41, 5.74) is 0. The highest BCUT2D eigenvalue weighted by molar-refractivity contribution is 7.45. The highest BCUT2D eigenvalue weighted by Crippen LogP contribution is 2.38. The maximum absolute atomic E-state index is 12.8. The van der Waals surface area contributed by atoms with Crippen LogP contribution in [0.3, 0.4) is 0 Å². The third-order valence-electron chi connectivity index (χ3n) is 15.1. The fraction of sp³-hybridized carbons (Fsp3) is 0.969. The maximum atomic E-state index is 12.8. The Balaban J connectivity index is 3.99. The van der Waals surface area contributed by atoms with Gasteiger partial charge in [0.05, 0.1) is 27.7 Å². The van der Waals surface area contributed by atoms with Gasteiger partial charge in [0.25, 0.3) is 7.82 Å². The van der Waals surface area contributed by atoms with Crippen molar-refractivity contribution in [3.05, 3.63) is 0 Å². The molecule has 0 radical (unpaired) electrons. The normalized spacial score (nSPS) is 13.1. The van der Waals surface area contributed by atoms with Crippen LogP contribution in [0.2, 0.25) is 0 Å². The summed E-state index contributed by atoms with van der Waals surface area (Å²) in [4.78, 5) is 38.0. The number of carbonyl (C=O) groups is 2. The molecule has 0 aliphatic carbocycles. The lowest BCUT2D eigenvalue weighted by molar-refractivity contribution is -0.870. The van der Waals surface area contributed by atoms with E-state index in [1.54, 1.807) is 0 Å². The van der Waals surface area contributed by atoms with Crippen LogP contribution in [0, 0.1) is 0 Å². The molecule has 0 N–H and O–H groups in total. The number of nitrogens with zero attached hydrogens (tertiary/aromatic N) is 1. The van der Waals surface area contributed by atoms with Crippen molar-refractivity contribution in [1.29, 1.82) is 0 Å². The standard InChI is InChI=1S/C64H128NO8P/c1-6-8-10-12-14-16-18-20-22-24-26-28-29-30-31-32-33-34-35-36-37-39-41-43-45-47-49-51-53-55-57-64(67)73-62(61-72-74(68,69)71-59-58-65(3,4)5)60-70-63(66)56-54-52-50-48-46-44-42-40-38-27-25-23-21-19-17-15-13-11-9-7-2/h62H,6-61H2,1-5H3. The molecule has 0 aliphatic heterocycles. The molecule has 0 rings (SSSR count). The molecule has 0 aromatic heterocycles. The molecule has 0 spiro atoms. The van der Waals surface area contributed by atoms with E-state index in [0.29, 0.717) is 17.4 Å². The van der Waals surface area contributed by atoms with E-state index in [9.17, 15) is 19.0 Å². The van der Waals surface area contributed by atoms with E-state index in [2.05, 4.69) is 13.8 Å². The van der Waals surface area contributed by atoms with Gasteiger partial charge in [-0.2, -0.15) is 0 Å². The summed E-state index contributed by atoms with van der Waals surface area (Å²) in [6.07, 6.45) is 66.0. The van der Waals surface area contributed by atoms with Crippen molar-refractivity contribution in [2.75, 3.05) is 47.5 Å². The van der Waals surface area contributed by atoms with Crippen molar-refractivity contribution < 1.29 is 42.1 Å². The summed E-state index contributed by atoms with van der Waals surface area (Å²) in [5.74, 6) is -0.806. The van der Waals surface area contributed by atoms with E-state index in [4.69, 9.17) is 18.5 Å². The number of unbranched alkanes of at least 4 members (excludes halogenated alkanes) is 48. The highest BCUT2D eigenvalue weighted by atomic mass is 31.2. The number of likely N-dealkylation sites (N-methyl/N-ethyl adjacent to an activating group) is 1. The fourth-order valence-electron chi connectivity index (χ4n) is 10.1. The minimum Gasteiger partial charge on any atom is -0.756 e. The fourth-order valence-corrected chi connectivity index (χ4v) is 10.8. The molecule has 0 saturated heterocycles. The smallest absolute Gasteiger partial charge is 0.306 e. The zero-order chi connectivity index (χ0) is 54.2. The Hall–Kier alpha value is -0.990. The van der Waals surface area contributed by atoms with Crippen LogP contribution in [0.15, 0.2) is 0 Å². The van der Waals surface area contributed by atoms with Crippen molar-refractivity contribution in [2.45, 2.75) is 354 Å². The van der Waals surface area contributed by atoms with E-state index in [-0.39, 0.29) is 32.0 Å². The number of hydrogen-bond donors (Lipinski definition) is 0. The van der Waals surface area contributed by atoms with Crippen LogP contribution in [0.1, 0.15) is 348 Å². The minimum absolute atomic E-state index is 0.0249. The van der Waals surface area contributed by atoms with E-state index >= 15 is 0 Å². The van der Waals surface area contributed by atoms with E-state index < -0.39 is 26.5 Å². The van der Waals surface area contributed by atoms with Gasteiger partial charge in [0.1, 0.15) is 19.8 Å². The monoisotopic (exact) mass is 1070 g/mol. The van der Waals surface area contributed by atoms with Gasteiger partial charge in [-0.05, 0) is 12.8 Å². The number of phosphoric acid groups is 1. The van der Waals surface area contributed by atoms with Crippen molar-refractivity contribution in [3.63, 3.8) is 0 Å². The molecule has 10 heteroatoms. The Morgan fingerprint density at radius 1 is 0.365 bits per heavy atom. The summed E-state index contributed by atoms with van der Waals surface area (Å²) >= 11 is 0. The quantitative estimate of drug-likeness (QED) is 0.0256. The van der Waals surface area contributed by atoms with E-state index in [0.717, 1.165) is 32.1 Å². The summed E-state index contributed by atoms with van der Waals surface area (Å²) in [5, 5.41) is 0. The van der Waals surface area contributed by atoms with Crippen LogP contribution in [0.4, 0.5) is 0 Å². The Morgan fingerprint density at radius 2 is 0.608 bits per heavy atom. The lowest BCUT2D eigenvalue weighted by Crippen LogP contribution is -2.37. The molecular formula is C64H128NO8P. The second-order valence-corrected chi connectivity index (χ2v) is 25.3. The first kappa shape index (κ1) is 73.0. The van der Waals surface area contributed by atoms with Crippen molar-refractivity contribution in [1.82, 2.24) is 0 Å². The lowest BCUT2D eigenvalue weighted by atomic mass is 10.0. The molecule has 9 nitrogen and oxygen atoms in total. The van der Waals surface area contributed by atoms with Gasteiger partial charge in [-0.25, -0.2) is 0 Å². The van der Waals surface area contributed by atoms with Crippen LogP contribution in [0.5, 0.6) is 0 Å². The average Bonchev–Trinajstić information content (AvgIpc) is 3.36. The first-order chi connectivity index (χ1) is 36.0. The van der Waals surface area contributed by atoms with Gasteiger partial charge < -0.3 is 27.9 Å². The molecule has 2 atom stereocenters. The van der Waals surface area contributed by atoms with Crippen LogP contribution in [-0.4, -0.2) is 70.0 Å². The van der Waals surface area contributed by atoms with Crippen molar-refractivity contribution >= 4 is 19.8 Å². The lowest BCUT2D eigenvalue weighted by Gasteiger charge is -2.28. The van der Waals surface area contributed by atoms with Crippen LogP contribution < -0.4 is 4.89 Å². The van der Waals surface area contributed by atoms with Crippen LogP contribution in [0.25, 0.3) is 0 Å². The first-order valence-corrected chi connectivity index (χ1v) is 34.2. The molecule has 0 amide bonds. The molecule has 0 aromatic carbocycles. The summed E-state index contributed by atoms with van der Waals surface area (Å²) in [7, 11) is 1.19. The zero-order valence-corrected chi connectivity index (χ0v) is 51.2. The van der Waals surface area contributed by atoms with Gasteiger partial charge in [0.2, 0.25) is 0 Å². The minimum atomic E-state index is -4.63. The molecule has 0 saturated carbocycles. The summed E-state index contributed by atoms with van der Waals surface area (Å²) < 4.78 is 34.3. The SMILES string of the molecule is CCCCCCCCCCCCCCCCCCCCCCCCCCCCCCCCC(=O)OC(COC(=O)CCCCCCCCCCCCCCCCCCCCCC)COP(=O)([O-])OCC[N+](C)(C)C. The second kappa shape index (κ2) is 56.7. The van der Waals surface area contributed by atoms with Gasteiger partial charge >= 0.3 is 11.9 Å². The predicted octanol–water partition coefficient (Wildman–Crippen LogP) is 20.0. The predicted molar refractivity (Wildman–Crippen MR) is 315 cm³/mol. The molecule has 0 fully saturated rings. The number of carbonyl (C=O) groups excluding carboxylic acids is 2. The topological polar surface area (TPSA) is 111 Å². The molecule has 0 bridgehead atoms. The third kappa shape index (κ3) is 60.2. The number of ether oxygens (including phenoxy) is 2. The Labute approximate surface area is 461 Å². The zero-order valence-electron chi connectivity index (χ0n) is 50.3. The van der Waals surface area contributed by atoms with Crippen LogP contribution >= 0.6 is 7.82 Å². The van der Waals surface area contributed by atoms with E-state index in [1.807, 2.05) is 21.1 Å². The molecule has 442 valence electrons. The number of rotatable bonds is 62. The van der Waals surface area contributed by atoms with Crippen molar-refractivity contribution in [2.24, 2.45) is 0 Å². The van der Waals surface area contributed by atoms with Gasteiger partial charge in [0, 0.05) is 12.8 Å². The largest absolute Gasteiger partial charge is 0.756 e. The maximum Gasteiger partial charge on any atom is 0.306 e. The summed E-state index contributed by atoms with van der Waals surface area (Å²) in [6, 6.07) is 0. The van der Waals surface area contributed by atoms with Gasteiger partial charge in [-0.3, -0.25) is 14.2 Å². The van der Waals surface area contributed by atoms with Crippen molar-refractivity contribution in [3.8, 4) is 0 Å². The second-order valence-electron chi connectivity index (χ2n) is 23.9. The Bertz CT molecular complexity index is 1210. The number of quaternary nitrogens is 1. The molecular weight excluding hydrogens is 942 g/mol. The van der Waals surface area contributed by atoms with Crippen LogP contribution in [-0.2, 0) is 32.7 Å². The molecule has 0 heterocycles. The van der Waals surface area contributed by atoms with Gasteiger partial charge in [-0.1, -0.05) is 322 Å². The number of esters is 2. The Kier molecular flexibility index (Phi) is 56.0. The molecule has 74 heavy (non-hydrogen) atoms.